The van der Waals surface area contributed by atoms with Gasteiger partial charge in [-0.1, -0.05) is 83.0 Å². The number of allylic oxidation sites excluding steroid dienone is 3. The standard InChI is InChI=1S/C26H40N2O.C13H18N2O/c1-4-6-10-22-13-14-24(22)27-18-15-26(23-11-8-7-9-12-23)16-19-28(20-17-26)25(29)21(3)5-2;1-2-3-4-5-11-9-14-13(15-11)8-12(16)10-6-7-10/h7-9,11-12,21-22H,4-6,10,13-20H2,1-3H3;3-5,10H,2,6-9H2,1H3,(H,14,15)/b;4-3-,11-5+. The third-order valence-electron chi connectivity index (χ3n) is 10.3. The van der Waals surface area contributed by atoms with Gasteiger partial charge in [-0.2, -0.15) is 0 Å². The minimum absolute atomic E-state index is 0.143. The minimum Gasteiger partial charge on any atom is -0.346 e. The van der Waals surface area contributed by atoms with E-state index in [2.05, 4.69) is 79.3 Å². The number of piperidine rings is 1. The number of nitrogens with one attached hydrogen (secondary N) is 1. The van der Waals surface area contributed by atoms with Gasteiger partial charge in [-0.3, -0.25) is 19.6 Å². The fourth-order valence-electron chi connectivity index (χ4n) is 6.65. The van der Waals surface area contributed by atoms with Gasteiger partial charge in [0.05, 0.1) is 13.0 Å². The first-order valence-electron chi connectivity index (χ1n) is 17.9. The molecular formula is C39H58N4O2. The maximum atomic E-state index is 12.7. The maximum absolute atomic E-state index is 12.7. The van der Waals surface area contributed by atoms with Crippen molar-refractivity contribution < 1.29 is 9.59 Å². The zero-order valence-corrected chi connectivity index (χ0v) is 28.5. The Balaban J connectivity index is 0.000000242. The molecule has 2 unspecified atom stereocenters. The van der Waals surface area contributed by atoms with E-state index < -0.39 is 0 Å². The summed E-state index contributed by atoms with van der Waals surface area (Å²) >= 11 is 0. The average Bonchev–Trinajstić information content (AvgIpc) is 3.83. The number of aliphatic imine (C=N–C) groups is 2. The van der Waals surface area contributed by atoms with Gasteiger partial charge in [-0.05, 0) is 81.8 Å². The lowest BCUT2D eigenvalue weighted by molar-refractivity contribution is -0.136. The molecule has 0 radical (unpaired) electrons. The van der Waals surface area contributed by atoms with Crippen LogP contribution in [0.2, 0.25) is 0 Å². The number of Topliss-reactive ketones (excluding diaryl/α,β-unsaturated/α-hetero) is 1. The number of hydrogen-bond donors (Lipinski definition) is 1. The lowest BCUT2D eigenvalue weighted by atomic mass is 9.70. The van der Waals surface area contributed by atoms with Crippen LogP contribution in [0, 0.1) is 17.8 Å². The van der Waals surface area contributed by atoms with E-state index in [9.17, 15) is 9.59 Å². The number of amidine groups is 1. The van der Waals surface area contributed by atoms with Crippen LogP contribution in [-0.2, 0) is 15.0 Å². The van der Waals surface area contributed by atoms with Gasteiger partial charge in [0.1, 0.15) is 11.6 Å². The summed E-state index contributed by atoms with van der Waals surface area (Å²) < 4.78 is 0. The van der Waals surface area contributed by atoms with Crippen LogP contribution in [0.15, 0.2) is 64.2 Å². The van der Waals surface area contributed by atoms with Crippen molar-refractivity contribution in [3.63, 3.8) is 0 Å². The summed E-state index contributed by atoms with van der Waals surface area (Å²) in [6.45, 7) is 11.9. The Hall–Kier alpha value is -3.02. The van der Waals surface area contributed by atoms with Gasteiger partial charge in [-0.25, -0.2) is 0 Å². The largest absolute Gasteiger partial charge is 0.346 e. The quantitative estimate of drug-likeness (QED) is 0.229. The van der Waals surface area contributed by atoms with Crippen LogP contribution < -0.4 is 5.32 Å². The smallest absolute Gasteiger partial charge is 0.225 e. The van der Waals surface area contributed by atoms with Crippen LogP contribution >= 0.6 is 0 Å². The second kappa shape index (κ2) is 17.6. The fourth-order valence-corrected chi connectivity index (χ4v) is 6.65. The number of nitrogens with zero attached hydrogens (tertiary/aromatic N) is 3. The molecule has 0 aromatic heterocycles. The zero-order chi connectivity index (χ0) is 32.1. The summed E-state index contributed by atoms with van der Waals surface area (Å²) in [7, 11) is 0. The van der Waals surface area contributed by atoms with E-state index in [4.69, 9.17) is 4.99 Å². The Labute approximate surface area is 273 Å². The lowest BCUT2D eigenvalue weighted by Gasteiger charge is -2.43. The summed E-state index contributed by atoms with van der Waals surface area (Å²) in [5.41, 5.74) is 4.17. The highest BCUT2D eigenvalue weighted by Gasteiger charge is 2.38. The Kier molecular flexibility index (Phi) is 13.6. The summed E-state index contributed by atoms with van der Waals surface area (Å²) in [6.07, 6.45) is 20.5. The third-order valence-corrected chi connectivity index (χ3v) is 10.3. The first-order valence-corrected chi connectivity index (χ1v) is 17.9. The summed E-state index contributed by atoms with van der Waals surface area (Å²) in [5, 5.41) is 3.20. The molecule has 2 saturated carbocycles. The van der Waals surface area contributed by atoms with E-state index >= 15 is 0 Å². The van der Waals surface area contributed by atoms with Crippen LogP contribution in [0.4, 0.5) is 0 Å². The Bertz CT molecular complexity index is 1220. The number of benzene rings is 1. The van der Waals surface area contributed by atoms with Crippen molar-refractivity contribution in [1.82, 2.24) is 10.2 Å². The van der Waals surface area contributed by atoms with Crippen molar-refractivity contribution in [3.05, 3.63) is 59.8 Å². The normalized spacial score (nSPS) is 23.2. The molecule has 1 saturated heterocycles. The monoisotopic (exact) mass is 614 g/mol. The van der Waals surface area contributed by atoms with E-state index in [0.29, 0.717) is 30.6 Å². The van der Waals surface area contributed by atoms with Crippen LogP contribution in [0.3, 0.4) is 0 Å². The van der Waals surface area contributed by atoms with Crippen molar-refractivity contribution in [1.29, 1.82) is 0 Å². The van der Waals surface area contributed by atoms with Crippen LogP contribution in [-0.4, -0.2) is 54.3 Å². The number of amides is 1. The van der Waals surface area contributed by atoms with Crippen LogP contribution in [0.25, 0.3) is 0 Å². The average molecular weight is 615 g/mol. The Morgan fingerprint density at radius 3 is 2.49 bits per heavy atom. The number of hydrogen-bond acceptors (Lipinski definition) is 5. The highest BCUT2D eigenvalue weighted by atomic mass is 16.2. The maximum Gasteiger partial charge on any atom is 0.225 e. The minimum atomic E-state index is 0.143. The Morgan fingerprint density at radius 2 is 1.87 bits per heavy atom. The molecule has 4 aliphatic rings. The molecule has 2 aliphatic heterocycles. The van der Waals surface area contributed by atoms with Crippen molar-refractivity contribution in [3.8, 4) is 0 Å². The number of likely N-dealkylation sites (tertiary alicyclic amines) is 1. The lowest BCUT2D eigenvalue weighted by Crippen LogP contribution is -2.47. The topological polar surface area (TPSA) is 74.1 Å². The molecule has 2 atom stereocenters. The van der Waals surface area contributed by atoms with Gasteiger partial charge in [0.15, 0.2) is 0 Å². The van der Waals surface area contributed by atoms with E-state index in [0.717, 1.165) is 82.0 Å². The van der Waals surface area contributed by atoms with Gasteiger partial charge in [-0.15, -0.1) is 0 Å². The second-order valence-electron chi connectivity index (χ2n) is 13.6. The summed E-state index contributed by atoms with van der Waals surface area (Å²) in [5.74, 6) is 2.76. The number of carbonyl (C=O) groups excluding carboxylic acids is 2. The molecule has 2 heterocycles. The van der Waals surface area contributed by atoms with Gasteiger partial charge in [0, 0.05) is 48.3 Å². The molecule has 1 aromatic carbocycles. The molecule has 246 valence electrons. The molecule has 0 bridgehead atoms. The highest BCUT2D eigenvalue weighted by molar-refractivity contribution is 6.04. The number of carbonyl (C=O) groups is 2. The molecule has 0 spiro atoms. The van der Waals surface area contributed by atoms with Gasteiger partial charge >= 0.3 is 0 Å². The van der Waals surface area contributed by atoms with E-state index in [-0.39, 0.29) is 11.3 Å². The first-order chi connectivity index (χ1) is 21.9. The number of unbranched alkanes of at least 4 members (excludes halogenated alkanes) is 1. The second-order valence-corrected chi connectivity index (χ2v) is 13.6. The van der Waals surface area contributed by atoms with Gasteiger partial charge in [0.25, 0.3) is 0 Å². The van der Waals surface area contributed by atoms with Crippen LogP contribution in [0.1, 0.15) is 117 Å². The third kappa shape index (κ3) is 10.2. The van der Waals surface area contributed by atoms with E-state index in [1.165, 1.54) is 43.4 Å². The molecule has 3 fully saturated rings. The van der Waals surface area contributed by atoms with Crippen molar-refractivity contribution in [2.24, 2.45) is 27.7 Å². The van der Waals surface area contributed by atoms with Crippen molar-refractivity contribution >= 4 is 23.2 Å². The molecule has 1 amide bonds. The summed E-state index contributed by atoms with van der Waals surface area (Å²) in [4.78, 5) is 35.7. The zero-order valence-electron chi connectivity index (χ0n) is 28.5. The molecule has 6 heteroatoms. The molecule has 5 rings (SSSR count). The molecule has 45 heavy (non-hydrogen) atoms. The molecule has 6 nitrogen and oxygen atoms in total. The van der Waals surface area contributed by atoms with Crippen molar-refractivity contribution in [2.45, 2.75) is 117 Å². The fraction of sp³-hybridized carbons (Fsp3) is 0.641. The molecular weight excluding hydrogens is 556 g/mol. The molecule has 1 N–H and O–H groups in total. The van der Waals surface area contributed by atoms with Gasteiger partial charge < -0.3 is 10.2 Å². The van der Waals surface area contributed by atoms with Crippen molar-refractivity contribution in [2.75, 3.05) is 26.2 Å². The summed E-state index contributed by atoms with van der Waals surface area (Å²) in [6, 6.07) is 11.0. The number of ketones is 1. The highest BCUT2D eigenvalue weighted by Crippen LogP contribution is 2.39. The van der Waals surface area contributed by atoms with Crippen LogP contribution in [0.5, 0.6) is 0 Å². The Morgan fingerprint density at radius 1 is 1.11 bits per heavy atom. The first kappa shape index (κ1) is 34.8. The predicted octanol–water partition coefficient (Wildman–Crippen LogP) is 8.23. The van der Waals surface area contributed by atoms with E-state index in [1.807, 2.05) is 12.2 Å². The predicted molar refractivity (Wildman–Crippen MR) is 188 cm³/mol. The van der Waals surface area contributed by atoms with E-state index in [1.54, 1.807) is 0 Å². The molecule has 2 aliphatic carbocycles. The molecule has 1 aromatic rings. The number of rotatable bonds is 14. The van der Waals surface area contributed by atoms with Gasteiger partial charge in [0.2, 0.25) is 5.91 Å². The SMILES string of the molecule is CC/C=C\C=C1/CN=C(CC(=O)C2CC2)N1.CCCCC1CCC1=NCCC1(c2ccccc2)CCN(C(=O)C(C)CC)CC1.